The van der Waals surface area contributed by atoms with Crippen molar-refractivity contribution in [1.82, 2.24) is 10.0 Å². The quantitative estimate of drug-likeness (QED) is 0.893. The zero-order valence-electron chi connectivity index (χ0n) is 10.5. The topological polar surface area (TPSA) is 58.2 Å². The van der Waals surface area contributed by atoms with Crippen LogP contribution >= 0.6 is 0 Å². The number of fused-ring (bicyclic) bond motifs is 1. The van der Waals surface area contributed by atoms with E-state index in [4.69, 9.17) is 0 Å². The van der Waals surface area contributed by atoms with E-state index in [0.29, 0.717) is 11.4 Å². The van der Waals surface area contributed by atoms with Crippen LogP contribution in [-0.2, 0) is 10.0 Å². The highest BCUT2D eigenvalue weighted by Gasteiger charge is 2.23. The van der Waals surface area contributed by atoms with E-state index in [1.54, 1.807) is 12.1 Å². The van der Waals surface area contributed by atoms with Crippen molar-refractivity contribution in [2.45, 2.75) is 17.4 Å². The summed E-state index contributed by atoms with van der Waals surface area (Å²) in [4.78, 5) is 0.359. The number of benzene rings is 2. The first-order chi connectivity index (χ1) is 9.17. The maximum absolute atomic E-state index is 12.5. The highest BCUT2D eigenvalue weighted by molar-refractivity contribution is 7.89. The molecule has 1 heterocycles. The van der Waals surface area contributed by atoms with Gasteiger partial charge in [-0.3, -0.25) is 0 Å². The van der Waals surface area contributed by atoms with Crippen molar-refractivity contribution >= 4 is 20.8 Å². The maximum Gasteiger partial charge on any atom is 0.241 e. The largest absolute Gasteiger partial charge is 0.315 e. The summed E-state index contributed by atoms with van der Waals surface area (Å²) in [5, 5.41) is 4.86. The van der Waals surface area contributed by atoms with E-state index < -0.39 is 10.0 Å². The molecule has 0 unspecified atom stereocenters. The van der Waals surface area contributed by atoms with Crippen molar-refractivity contribution in [3.8, 4) is 0 Å². The minimum atomic E-state index is -3.46. The summed E-state index contributed by atoms with van der Waals surface area (Å²) in [5.74, 6) is 0. The van der Waals surface area contributed by atoms with Gasteiger partial charge in [0.15, 0.2) is 0 Å². The molecule has 2 aromatic carbocycles. The molecule has 1 atom stereocenters. The van der Waals surface area contributed by atoms with Gasteiger partial charge in [0.1, 0.15) is 0 Å². The molecular formula is C14H16N2O2S. The lowest BCUT2D eigenvalue weighted by Crippen LogP contribution is -2.36. The molecule has 2 aromatic rings. The molecule has 0 aliphatic carbocycles. The molecular weight excluding hydrogens is 260 g/mol. The molecule has 0 bridgehead atoms. The summed E-state index contributed by atoms with van der Waals surface area (Å²) >= 11 is 0. The van der Waals surface area contributed by atoms with Crippen LogP contribution in [0.3, 0.4) is 0 Å². The Bertz CT molecular complexity index is 686. The maximum atomic E-state index is 12.5. The van der Waals surface area contributed by atoms with Crippen LogP contribution in [0.4, 0.5) is 0 Å². The highest BCUT2D eigenvalue weighted by atomic mass is 32.2. The molecule has 19 heavy (non-hydrogen) atoms. The van der Waals surface area contributed by atoms with Crippen LogP contribution in [0, 0.1) is 0 Å². The van der Waals surface area contributed by atoms with Crippen molar-refractivity contribution in [3.63, 3.8) is 0 Å². The Morgan fingerprint density at radius 2 is 1.89 bits per heavy atom. The fourth-order valence-electron chi connectivity index (χ4n) is 2.47. The monoisotopic (exact) mass is 276 g/mol. The minimum absolute atomic E-state index is 0.0102. The molecule has 4 nitrogen and oxygen atoms in total. The third-order valence-corrected chi connectivity index (χ3v) is 5.00. The Morgan fingerprint density at radius 1 is 1.11 bits per heavy atom. The van der Waals surface area contributed by atoms with Gasteiger partial charge in [0, 0.05) is 18.0 Å². The predicted octanol–water partition coefficient (Wildman–Crippen LogP) is 1.48. The van der Waals surface area contributed by atoms with Gasteiger partial charge >= 0.3 is 0 Å². The first-order valence-corrected chi connectivity index (χ1v) is 7.86. The molecule has 0 aromatic heterocycles. The van der Waals surface area contributed by atoms with Gasteiger partial charge in [-0.25, -0.2) is 13.1 Å². The number of nitrogens with one attached hydrogen (secondary N) is 2. The Balaban J connectivity index is 2.02. The molecule has 0 amide bonds. The second kappa shape index (κ2) is 4.92. The lowest BCUT2D eigenvalue weighted by atomic mass is 10.1. The van der Waals surface area contributed by atoms with Gasteiger partial charge in [-0.15, -0.1) is 0 Å². The molecule has 1 aliphatic heterocycles. The van der Waals surface area contributed by atoms with Crippen LogP contribution in [0.2, 0.25) is 0 Å². The number of rotatable bonds is 3. The third kappa shape index (κ3) is 2.49. The Morgan fingerprint density at radius 3 is 2.68 bits per heavy atom. The summed E-state index contributed by atoms with van der Waals surface area (Å²) in [6, 6.07) is 12.9. The summed E-state index contributed by atoms with van der Waals surface area (Å²) in [7, 11) is -3.46. The first-order valence-electron chi connectivity index (χ1n) is 6.38. The van der Waals surface area contributed by atoms with Crippen molar-refractivity contribution in [3.05, 3.63) is 42.5 Å². The van der Waals surface area contributed by atoms with E-state index in [0.717, 1.165) is 23.7 Å². The predicted molar refractivity (Wildman–Crippen MR) is 75.5 cm³/mol. The number of hydrogen-bond acceptors (Lipinski definition) is 3. The van der Waals surface area contributed by atoms with Crippen LogP contribution in [-0.4, -0.2) is 27.5 Å². The van der Waals surface area contributed by atoms with Gasteiger partial charge in [0.2, 0.25) is 10.0 Å². The van der Waals surface area contributed by atoms with Gasteiger partial charge in [-0.1, -0.05) is 36.4 Å². The van der Waals surface area contributed by atoms with Gasteiger partial charge in [0.05, 0.1) is 4.90 Å². The van der Waals surface area contributed by atoms with E-state index in [2.05, 4.69) is 10.0 Å². The normalized spacial score (nSPS) is 19.9. The van der Waals surface area contributed by atoms with Gasteiger partial charge < -0.3 is 5.32 Å². The smallest absolute Gasteiger partial charge is 0.241 e. The SMILES string of the molecule is O=S(=O)(N[C@@H]1CCNC1)c1cccc2ccccc12. The van der Waals surface area contributed by atoms with Crippen molar-refractivity contribution in [2.24, 2.45) is 0 Å². The van der Waals surface area contributed by atoms with Gasteiger partial charge in [-0.2, -0.15) is 0 Å². The molecule has 5 heteroatoms. The molecule has 1 aliphatic rings. The summed E-state index contributed by atoms with van der Waals surface area (Å²) in [6.07, 6.45) is 0.837. The standard InChI is InChI=1S/C14H16N2O2S/c17-19(18,16-12-8-9-15-10-12)14-7-3-5-11-4-1-2-6-13(11)14/h1-7,12,15-16H,8-10H2/t12-/m1/s1. The average Bonchev–Trinajstić information content (AvgIpc) is 2.90. The zero-order valence-corrected chi connectivity index (χ0v) is 11.3. The fourth-order valence-corrected chi connectivity index (χ4v) is 3.97. The molecule has 3 rings (SSSR count). The second-order valence-electron chi connectivity index (χ2n) is 4.79. The van der Waals surface area contributed by atoms with Crippen molar-refractivity contribution in [2.75, 3.05) is 13.1 Å². The van der Waals surface area contributed by atoms with E-state index in [1.807, 2.05) is 30.3 Å². The Hall–Kier alpha value is -1.43. The van der Waals surface area contributed by atoms with Crippen LogP contribution in [0.25, 0.3) is 10.8 Å². The van der Waals surface area contributed by atoms with Crippen LogP contribution in [0.5, 0.6) is 0 Å². The van der Waals surface area contributed by atoms with E-state index >= 15 is 0 Å². The molecule has 1 saturated heterocycles. The molecule has 1 fully saturated rings. The Labute approximate surface area is 112 Å². The molecule has 100 valence electrons. The van der Waals surface area contributed by atoms with E-state index in [9.17, 15) is 8.42 Å². The summed E-state index contributed by atoms with van der Waals surface area (Å²) in [6.45, 7) is 1.56. The Kier molecular flexibility index (Phi) is 3.26. The molecule has 0 radical (unpaired) electrons. The van der Waals surface area contributed by atoms with Gasteiger partial charge in [0.25, 0.3) is 0 Å². The van der Waals surface area contributed by atoms with Crippen LogP contribution in [0.15, 0.2) is 47.4 Å². The minimum Gasteiger partial charge on any atom is -0.315 e. The summed E-state index contributed by atoms with van der Waals surface area (Å²) < 4.78 is 27.7. The first kappa shape index (κ1) is 12.6. The average molecular weight is 276 g/mol. The molecule has 2 N–H and O–H groups in total. The lowest BCUT2D eigenvalue weighted by molar-refractivity contribution is 0.561. The number of hydrogen-bond donors (Lipinski definition) is 2. The van der Waals surface area contributed by atoms with Crippen molar-refractivity contribution in [1.29, 1.82) is 0 Å². The van der Waals surface area contributed by atoms with Gasteiger partial charge in [-0.05, 0) is 24.4 Å². The zero-order chi connectivity index (χ0) is 13.3. The van der Waals surface area contributed by atoms with E-state index in [1.165, 1.54) is 0 Å². The number of sulfonamides is 1. The van der Waals surface area contributed by atoms with Crippen LogP contribution < -0.4 is 10.0 Å². The van der Waals surface area contributed by atoms with Crippen LogP contribution in [0.1, 0.15) is 6.42 Å². The second-order valence-corrected chi connectivity index (χ2v) is 6.47. The third-order valence-electron chi connectivity index (χ3n) is 3.42. The molecule has 0 saturated carbocycles. The summed E-state index contributed by atoms with van der Waals surface area (Å²) in [5.41, 5.74) is 0. The fraction of sp³-hybridized carbons (Fsp3) is 0.286. The van der Waals surface area contributed by atoms with Crippen molar-refractivity contribution < 1.29 is 8.42 Å². The lowest BCUT2D eigenvalue weighted by Gasteiger charge is -2.13. The van der Waals surface area contributed by atoms with E-state index in [-0.39, 0.29) is 6.04 Å². The molecule has 0 spiro atoms. The highest BCUT2D eigenvalue weighted by Crippen LogP contribution is 2.23.